The van der Waals surface area contributed by atoms with E-state index in [1.165, 1.54) is 0 Å². The number of halogens is 2. The minimum atomic E-state index is -0.148. The molecule has 0 bridgehead atoms. The van der Waals surface area contributed by atoms with Crippen molar-refractivity contribution in [2.75, 3.05) is 13.6 Å². The van der Waals surface area contributed by atoms with Crippen LogP contribution in [-0.4, -0.2) is 40.3 Å². The minimum absolute atomic E-state index is 0. The minimum Gasteiger partial charge on any atom is -0.463 e. The summed E-state index contributed by atoms with van der Waals surface area (Å²) in [4.78, 5) is 17.4. The summed E-state index contributed by atoms with van der Waals surface area (Å²) in [6.07, 6.45) is 3.29. The summed E-state index contributed by atoms with van der Waals surface area (Å²) in [5.41, 5.74) is 1.84. The SMILES string of the molecule is CNC(C)CNC(=O)c1cc(-c2ccco2)nc2c1cnn2C(C)C.Cl.Cl. The molecule has 0 fully saturated rings. The van der Waals surface area contributed by atoms with Gasteiger partial charge in [0.1, 0.15) is 5.69 Å². The first kappa shape index (κ1) is 23.0. The molecule has 1 atom stereocenters. The number of carbonyl (C=O) groups is 1. The molecule has 0 radical (unpaired) electrons. The Kier molecular flexibility index (Phi) is 8.27. The number of rotatable bonds is 6. The van der Waals surface area contributed by atoms with Crippen molar-refractivity contribution in [2.45, 2.75) is 32.9 Å². The van der Waals surface area contributed by atoms with E-state index in [4.69, 9.17) is 4.42 Å². The van der Waals surface area contributed by atoms with Gasteiger partial charge in [0, 0.05) is 18.6 Å². The zero-order valence-corrected chi connectivity index (χ0v) is 17.4. The number of nitrogens with zero attached hydrogens (tertiary/aromatic N) is 3. The lowest BCUT2D eigenvalue weighted by atomic mass is 10.1. The van der Waals surface area contributed by atoms with E-state index in [2.05, 4.69) is 20.7 Å². The first-order valence-electron chi connectivity index (χ1n) is 8.39. The van der Waals surface area contributed by atoms with E-state index < -0.39 is 0 Å². The molecule has 3 aromatic heterocycles. The van der Waals surface area contributed by atoms with E-state index in [9.17, 15) is 4.79 Å². The molecule has 3 rings (SSSR count). The third kappa shape index (κ3) is 4.80. The molecule has 7 nitrogen and oxygen atoms in total. The molecule has 0 spiro atoms. The van der Waals surface area contributed by atoms with Gasteiger partial charge in [-0.3, -0.25) is 4.79 Å². The van der Waals surface area contributed by atoms with E-state index >= 15 is 0 Å². The molecular weight excluding hydrogens is 389 g/mol. The van der Waals surface area contributed by atoms with Crippen LogP contribution in [-0.2, 0) is 0 Å². The Morgan fingerprint density at radius 3 is 2.63 bits per heavy atom. The molecule has 2 N–H and O–H groups in total. The van der Waals surface area contributed by atoms with Gasteiger partial charge >= 0.3 is 0 Å². The van der Waals surface area contributed by atoms with Gasteiger partial charge in [0.05, 0.1) is 23.4 Å². The van der Waals surface area contributed by atoms with E-state index in [1.54, 1.807) is 24.6 Å². The van der Waals surface area contributed by atoms with Gasteiger partial charge in [0.2, 0.25) is 0 Å². The predicted molar refractivity (Wildman–Crippen MR) is 111 cm³/mol. The molecule has 0 aliphatic rings. The van der Waals surface area contributed by atoms with Gasteiger partial charge in [-0.1, -0.05) is 0 Å². The number of furan rings is 1. The van der Waals surface area contributed by atoms with Crippen LogP contribution in [0.5, 0.6) is 0 Å². The number of amides is 1. The Morgan fingerprint density at radius 1 is 1.30 bits per heavy atom. The summed E-state index contributed by atoms with van der Waals surface area (Å²) in [7, 11) is 1.86. The second-order valence-corrected chi connectivity index (χ2v) is 6.35. The van der Waals surface area contributed by atoms with Gasteiger partial charge in [0.25, 0.3) is 5.91 Å². The maximum absolute atomic E-state index is 12.7. The van der Waals surface area contributed by atoms with Crippen molar-refractivity contribution in [2.24, 2.45) is 0 Å². The lowest BCUT2D eigenvalue weighted by molar-refractivity contribution is 0.0952. The molecule has 1 amide bonds. The number of fused-ring (bicyclic) bond motifs is 1. The number of likely N-dealkylation sites (N-methyl/N-ethyl adjacent to an activating group) is 1. The zero-order valence-electron chi connectivity index (χ0n) is 15.7. The van der Waals surface area contributed by atoms with Crippen molar-refractivity contribution in [3.8, 4) is 11.5 Å². The van der Waals surface area contributed by atoms with E-state index in [-0.39, 0.29) is 42.8 Å². The molecule has 3 aromatic rings. The van der Waals surface area contributed by atoms with Crippen molar-refractivity contribution in [3.63, 3.8) is 0 Å². The first-order valence-corrected chi connectivity index (χ1v) is 8.39. The Morgan fingerprint density at radius 2 is 2.04 bits per heavy atom. The summed E-state index contributed by atoms with van der Waals surface area (Å²) in [5, 5.41) is 11.2. The molecule has 0 aliphatic heterocycles. The molecule has 1 unspecified atom stereocenters. The maximum atomic E-state index is 12.7. The highest BCUT2D eigenvalue weighted by Crippen LogP contribution is 2.26. The summed E-state index contributed by atoms with van der Waals surface area (Å²) in [6.45, 7) is 6.60. The zero-order chi connectivity index (χ0) is 18.0. The molecule has 3 heterocycles. The van der Waals surface area contributed by atoms with Crippen LogP contribution < -0.4 is 10.6 Å². The van der Waals surface area contributed by atoms with Crippen molar-refractivity contribution < 1.29 is 9.21 Å². The van der Waals surface area contributed by atoms with Gasteiger partial charge in [-0.15, -0.1) is 24.8 Å². The van der Waals surface area contributed by atoms with Crippen LogP contribution in [0.4, 0.5) is 0 Å². The average Bonchev–Trinajstić information content (AvgIpc) is 3.27. The Hall–Kier alpha value is -2.09. The van der Waals surface area contributed by atoms with Crippen LogP contribution in [0.25, 0.3) is 22.5 Å². The standard InChI is InChI=1S/C18H23N5O2.2ClH/c1-11(2)23-17-14(10-21-23)13(18(24)20-9-12(3)19-4)8-15(22-17)16-6-5-7-25-16;;/h5-8,10-12,19H,9H2,1-4H3,(H,20,24);2*1H. The van der Waals surface area contributed by atoms with Crippen molar-refractivity contribution in [1.29, 1.82) is 0 Å². The molecule has 0 aromatic carbocycles. The molecule has 148 valence electrons. The number of pyridine rings is 1. The van der Waals surface area contributed by atoms with Crippen LogP contribution >= 0.6 is 24.8 Å². The van der Waals surface area contributed by atoms with Gasteiger partial charge in [-0.05, 0) is 46.0 Å². The number of carbonyl (C=O) groups excluding carboxylic acids is 1. The Balaban J connectivity index is 0.00000182. The fourth-order valence-corrected chi connectivity index (χ4v) is 2.58. The van der Waals surface area contributed by atoms with E-state index in [0.29, 0.717) is 29.2 Å². The van der Waals surface area contributed by atoms with Crippen LogP contribution in [0.2, 0.25) is 0 Å². The van der Waals surface area contributed by atoms with Crippen LogP contribution in [0.3, 0.4) is 0 Å². The topological polar surface area (TPSA) is 85.0 Å². The highest BCUT2D eigenvalue weighted by atomic mass is 35.5. The molecule has 0 aliphatic carbocycles. The largest absolute Gasteiger partial charge is 0.463 e. The second-order valence-electron chi connectivity index (χ2n) is 6.35. The van der Waals surface area contributed by atoms with Gasteiger partial charge in [-0.25, -0.2) is 9.67 Å². The number of aromatic nitrogens is 3. The maximum Gasteiger partial charge on any atom is 0.252 e. The molecule has 27 heavy (non-hydrogen) atoms. The Bertz CT molecular complexity index is 877. The summed E-state index contributed by atoms with van der Waals surface area (Å²) < 4.78 is 7.28. The third-order valence-corrected chi connectivity index (χ3v) is 4.14. The van der Waals surface area contributed by atoms with E-state index in [0.717, 1.165) is 5.39 Å². The van der Waals surface area contributed by atoms with Crippen molar-refractivity contribution in [1.82, 2.24) is 25.4 Å². The van der Waals surface area contributed by atoms with Crippen LogP contribution in [0, 0.1) is 0 Å². The predicted octanol–water partition coefficient (Wildman–Crippen LogP) is 3.45. The quantitative estimate of drug-likeness (QED) is 0.646. The second kappa shape index (κ2) is 9.73. The molecular formula is C18H25Cl2N5O2. The molecule has 0 saturated heterocycles. The first-order chi connectivity index (χ1) is 12.0. The van der Waals surface area contributed by atoms with Crippen molar-refractivity contribution >= 4 is 41.8 Å². The van der Waals surface area contributed by atoms with Gasteiger partial charge in [-0.2, -0.15) is 5.10 Å². The average molecular weight is 414 g/mol. The van der Waals surface area contributed by atoms with Gasteiger partial charge in [0.15, 0.2) is 11.4 Å². The fourth-order valence-electron chi connectivity index (χ4n) is 2.58. The summed E-state index contributed by atoms with van der Waals surface area (Å²) >= 11 is 0. The number of hydrogen-bond donors (Lipinski definition) is 2. The highest BCUT2D eigenvalue weighted by molar-refractivity contribution is 6.06. The highest BCUT2D eigenvalue weighted by Gasteiger charge is 2.19. The summed E-state index contributed by atoms with van der Waals surface area (Å²) in [6, 6.07) is 5.71. The number of hydrogen-bond acceptors (Lipinski definition) is 5. The van der Waals surface area contributed by atoms with Crippen LogP contribution in [0.1, 0.15) is 37.2 Å². The Labute approximate surface area is 170 Å². The summed E-state index contributed by atoms with van der Waals surface area (Å²) in [5.74, 6) is 0.474. The fraction of sp³-hybridized carbons (Fsp3) is 0.389. The molecule has 9 heteroatoms. The van der Waals surface area contributed by atoms with Gasteiger partial charge < -0.3 is 15.1 Å². The lowest BCUT2D eigenvalue weighted by Crippen LogP contribution is -2.37. The van der Waals surface area contributed by atoms with E-state index in [1.807, 2.05) is 38.6 Å². The third-order valence-electron chi connectivity index (χ3n) is 4.14. The number of nitrogens with one attached hydrogen (secondary N) is 2. The normalized spacial score (nSPS) is 11.7. The van der Waals surface area contributed by atoms with Crippen molar-refractivity contribution in [3.05, 3.63) is 36.2 Å². The molecule has 0 saturated carbocycles. The van der Waals surface area contributed by atoms with Crippen LogP contribution in [0.15, 0.2) is 35.1 Å². The monoisotopic (exact) mass is 413 g/mol. The lowest BCUT2D eigenvalue weighted by Gasteiger charge is -2.13. The smallest absolute Gasteiger partial charge is 0.252 e.